The van der Waals surface area contributed by atoms with E-state index in [1.807, 2.05) is 0 Å². The van der Waals surface area contributed by atoms with Gasteiger partial charge in [0.05, 0.1) is 6.42 Å². The highest BCUT2D eigenvalue weighted by Crippen LogP contribution is 2.04. The van der Waals surface area contributed by atoms with Crippen molar-refractivity contribution in [1.29, 1.82) is 0 Å². The van der Waals surface area contributed by atoms with Crippen molar-refractivity contribution in [1.82, 2.24) is 5.32 Å². The first-order chi connectivity index (χ1) is 9.02. The minimum Gasteiger partial charge on any atom is -0.480 e. The smallest absolute Gasteiger partial charge is 0.326 e. The van der Waals surface area contributed by atoms with Crippen LogP contribution < -0.4 is 5.32 Å². The van der Waals surface area contributed by atoms with E-state index in [0.29, 0.717) is 18.4 Å². The molecule has 19 heavy (non-hydrogen) atoms. The Labute approximate surface area is 110 Å². The Morgan fingerprint density at radius 3 is 2.53 bits per heavy atom. The van der Waals surface area contributed by atoms with Crippen LogP contribution in [0.2, 0.25) is 0 Å². The quantitative estimate of drug-likeness (QED) is 0.740. The summed E-state index contributed by atoms with van der Waals surface area (Å²) in [4.78, 5) is 22.6. The zero-order valence-corrected chi connectivity index (χ0v) is 10.4. The maximum atomic E-state index is 12.7. The van der Waals surface area contributed by atoms with E-state index in [-0.39, 0.29) is 12.2 Å². The molecule has 0 spiro atoms. The number of hydrogen-bond acceptors (Lipinski definition) is 2. The van der Waals surface area contributed by atoms with Crippen LogP contribution in [0.15, 0.2) is 36.9 Å². The monoisotopic (exact) mass is 265 g/mol. The molecule has 0 aliphatic rings. The summed E-state index contributed by atoms with van der Waals surface area (Å²) in [6.45, 7) is 3.51. The molecule has 0 radical (unpaired) electrons. The maximum absolute atomic E-state index is 12.7. The molecule has 5 heteroatoms. The van der Waals surface area contributed by atoms with Gasteiger partial charge in [0, 0.05) is 0 Å². The molecule has 0 fully saturated rings. The number of halogens is 1. The second-order valence-electron chi connectivity index (χ2n) is 4.13. The molecule has 1 rings (SSSR count). The number of hydrogen-bond donors (Lipinski definition) is 2. The van der Waals surface area contributed by atoms with Gasteiger partial charge in [-0.1, -0.05) is 18.2 Å². The van der Waals surface area contributed by atoms with Gasteiger partial charge in [-0.2, -0.15) is 0 Å². The van der Waals surface area contributed by atoms with Gasteiger partial charge in [0.2, 0.25) is 5.91 Å². The van der Waals surface area contributed by atoms with E-state index in [2.05, 4.69) is 11.9 Å². The Morgan fingerprint density at radius 1 is 1.37 bits per heavy atom. The van der Waals surface area contributed by atoms with Gasteiger partial charge in [-0.15, -0.1) is 6.58 Å². The molecule has 0 aliphatic carbocycles. The summed E-state index contributed by atoms with van der Waals surface area (Å²) in [5.41, 5.74) is 0.631. The van der Waals surface area contributed by atoms with Crippen molar-refractivity contribution in [3.05, 3.63) is 48.3 Å². The SMILES string of the molecule is C=CCCC(NC(=O)Cc1ccc(F)cc1)C(=O)O. The van der Waals surface area contributed by atoms with Crippen molar-refractivity contribution >= 4 is 11.9 Å². The molecule has 1 amide bonds. The molecule has 0 heterocycles. The van der Waals surface area contributed by atoms with Crippen LogP contribution in [0.25, 0.3) is 0 Å². The first-order valence-corrected chi connectivity index (χ1v) is 5.90. The van der Waals surface area contributed by atoms with E-state index in [9.17, 15) is 14.0 Å². The summed E-state index contributed by atoms with van der Waals surface area (Å²) < 4.78 is 12.7. The Balaban J connectivity index is 2.54. The van der Waals surface area contributed by atoms with Crippen LogP contribution in [0.5, 0.6) is 0 Å². The average Bonchev–Trinajstić information content (AvgIpc) is 2.37. The second-order valence-corrected chi connectivity index (χ2v) is 4.13. The highest BCUT2D eigenvalue weighted by Gasteiger charge is 2.18. The fourth-order valence-electron chi connectivity index (χ4n) is 1.57. The van der Waals surface area contributed by atoms with E-state index >= 15 is 0 Å². The van der Waals surface area contributed by atoms with Gasteiger partial charge in [0.25, 0.3) is 0 Å². The van der Waals surface area contributed by atoms with Crippen molar-refractivity contribution in [2.24, 2.45) is 0 Å². The third-order valence-corrected chi connectivity index (χ3v) is 2.57. The highest BCUT2D eigenvalue weighted by atomic mass is 19.1. The van der Waals surface area contributed by atoms with Crippen molar-refractivity contribution in [2.75, 3.05) is 0 Å². The zero-order chi connectivity index (χ0) is 14.3. The largest absolute Gasteiger partial charge is 0.480 e. The molecule has 0 aliphatic heterocycles. The number of amides is 1. The van der Waals surface area contributed by atoms with E-state index in [1.165, 1.54) is 24.3 Å². The van der Waals surface area contributed by atoms with Gasteiger partial charge in [-0.3, -0.25) is 4.79 Å². The van der Waals surface area contributed by atoms with Crippen LogP contribution in [0, 0.1) is 5.82 Å². The van der Waals surface area contributed by atoms with E-state index < -0.39 is 17.9 Å². The number of nitrogens with one attached hydrogen (secondary N) is 1. The summed E-state index contributed by atoms with van der Waals surface area (Å²) in [6, 6.07) is 4.58. The van der Waals surface area contributed by atoms with Crippen LogP contribution in [0.4, 0.5) is 4.39 Å². The lowest BCUT2D eigenvalue weighted by atomic mass is 10.1. The lowest BCUT2D eigenvalue weighted by Gasteiger charge is -2.13. The maximum Gasteiger partial charge on any atom is 0.326 e. The third kappa shape index (κ3) is 5.33. The van der Waals surface area contributed by atoms with Crippen LogP contribution in [-0.4, -0.2) is 23.0 Å². The zero-order valence-electron chi connectivity index (χ0n) is 10.4. The first-order valence-electron chi connectivity index (χ1n) is 5.90. The van der Waals surface area contributed by atoms with Crippen LogP contribution >= 0.6 is 0 Å². The molecular weight excluding hydrogens is 249 g/mol. The Morgan fingerprint density at radius 2 is 2.00 bits per heavy atom. The molecule has 0 saturated carbocycles. The average molecular weight is 265 g/mol. The van der Waals surface area contributed by atoms with Gasteiger partial charge < -0.3 is 10.4 Å². The number of carbonyl (C=O) groups is 2. The van der Waals surface area contributed by atoms with Gasteiger partial charge in [0.1, 0.15) is 11.9 Å². The number of allylic oxidation sites excluding steroid dienone is 1. The highest BCUT2D eigenvalue weighted by molar-refractivity contribution is 5.84. The number of carboxylic acid groups (broad SMARTS) is 1. The molecule has 1 atom stereocenters. The third-order valence-electron chi connectivity index (χ3n) is 2.57. The summed E-state index contributed by atoms with van der Waals surface area (Å²) in [6.07, 6.45) is 2.43. The number of carbonyl (C=O) groups excluding carboxylic acids is 1. The summed E-state index contributed by atoms with van der Waals surface area (Å²) >= 11 is 0. The van der Waals surface area contributed by atoms with E-state index in [1.54, 1.807) is 6.08 Å². The fraction of sp³-hybridized carbons (Fsp3) is 0.286. The van der Waals surface area contributed by atoms with E-state index in [4.69, 9.17) is 5.11 Å². The van der Waals surface area contributed by atoms with Gasteiger partial charge >= 0.3 is 5.97 Å². The summed E-state index contributed by atoms with van der Waals surface area (Å²) in [5, 5.41) is 11.4. The van der Waals surface area contributed by atoms with Gasteiger partial charge in [-0.25, -0.2) is 9.18 Å². The lowest BCUT2D eigenvalue weighted by Crippen LogP contribution is -2.41. The lowest BCUT2D eigenvalue weighted by molar-refractivity contribution is -0.141. The van der Waals surface area contributed by atoms with Crippen molar-refractivity contribution in [3.8, 4) is 0 Å². The summed E-state index contributed by atoms with van der Waals surface area (Å²) in [5.74, 6) is -1.85. The van der Waals surface area contributed by atoms with Crippen molar-refractivity contribution < 1.29 is 19.1 Å². The molecule has 0 bridgehead atoms. The number of rotatable bonds is 7. The molecule has 0 saturated heterocycles. The Hall–Kier alpha value is -2.17. The molecule has 102 valence electrons. The van der Waals surface area contributed by atoms with Gasteiger partial charge in [0.15, 0.2) is 0 Å². The Bertz CT molecular complexity index is 456. The van der Waals surface area contributed by atoms with E-state index in [0.717, 1.165) is 0 Å². The number of benzene rings is 1. The minimum atomic E-state index is -1.07. The van der Waals surface area contributed by atoms with Crippen LogP contribution in [-0.2, 0) is 16.0 Å². The van der Waals surface area contributed by atoms with Crippen LogP contribution in [0.3, 0.4) is 0 Å². The summed E-state index contributed by atoms with van der Waals surface area (Å²) in [7, 11) is 0. The fourth-order valence-corrected chi connectivity index (χ4v) is 1.57. The topological polar surface area (TPSA) is 66.4 Å². The predicted molar refractivity (Wildman–Crippen MR) is 69.1 cm³/mol. The predicted octanol–water partition coefficient (Wildman–Crippen LogP) is 1.90. The standard InChI is InChI=1S/C14H16FNO3/c1-2-3-4-12(14(18)19)16-13(17)9-10-5-7-11(15)8-6-10/h2,5-8,12H,1,3-4,9H2,(H,16,17)(H,18,19). The first kappa shape index (κ1) is 14.9. The second kappa shape index (κ2) is 7.31. The number of aliphatic carboxylic acids is 1. The van der Waals surface area contributed by atoms with Crippen LogP contribution in [0.1, 0.15) is 18.4 Å². The number of carboxylic acids is 1. The normalized spacial score (nSPS) is 11.6. The molecular formula is C14H16FNO3. The minimum absolute atomic E-state index is 0.0259. The van der Waals surface area contributed by atoms with Gasteiger partial charge in [-0.05, 0) is 30.5 Å². The van der Waals surface area contributed by atoms with Crippen molar-refractivity contribution in [3.63, 3.8) is 0 Å². The molecule has 2 N–H and O–H groups in total. The molecule has 4 nitrogen and oxygen atoms in total. The molecule has 1 unspecified atom stereocenters. The molecule has 1 aromatic rings. The Kier molecular flexibility index (Phi) is 5.73. The van der Waals surface area contributed by atoms with Crippen molar-refractivity contribution in [2.45, 2.75) is 25.3 Å². The molecule has 1 aromatic carbocycles. The molecule has 0 aromatic heterocycles.